The van der Waals surface area contributed by atoms with Gasteiger partial charge in [0.05, 0.1) is 23.1 Å². The zero-order valence-electron chi connectivity index (χ0n) is 24.5. The van der Waals surface area contributed by atoms with E-state index in [1.165, 1.54) is 16.9 Å². The van der Waals surface area contributed by atoms with Gasteiger partial charge in [0.2, 0.25) is 11.8 Å². The summed E-state index contributed by atoms with van der Waals surface area (Å²) in [5.74, 6) is -0.266. The van der Waals surface area contributed by atoms with Gasteiger partial charge in [0.1, 0.15) is 6.04 Å². The summed E-state index contributed by atoms with van der Waals surface area (Å²) < 4.78 is 0. The van der Waals surface area contributed by atoms with Gasteiger partial charge < -0.3 is 9.80 Å². The van der Waals surface area contributed by atoms with Crippen molar-refractivity contribution in [3.05, 3.63) is 142 Å². The first kappa shape index (κ1) is 29.1. The molecule has 0 saturated carbocycles. The minimum absolute atomic E-state index is 0.0461. The highest BCUT2D eigenvalue weighted by atomic mass is 32.1. The van der Waals surface area contributed by atoms with E-state index in [-0.39, 0.29) is 18.4 Å². The molecular weight excluding hydrogens is 566 g/mol. The minimum atomic E-state index is -0.693. The van der Waals surface area contributed by atoms with Crippen LogP contribution in [0, 0.1) is 6.92 Å². The van der Waals surface area contributed by atoms with Gasteiger partial charge in [-0.25, -0.2) is 4.98 Å². The lowest BCUT2D eigenvalue weighted by atomic mass is 9.97. The first-order chi connectivity index (χ1) is 21.5. The highest BCUT2D eigenvalue weighted by Crippen LogP contribution is 2.24. The van der Waals surface area contributed by atoms with Gasteiger partial charge in [-0.3, -0.25) is 19.6 Å². The van der Waals surface area contributed by atoms with E-state index >= 15 is 0 Å². The molecule has 1 atom stereocenters. The van der Waals surface area contributed by atoms with Crippen molar-refractivity contribution in [3.63, 3.8) is 0 Å². The van der Waals surface area contributed by atoms with E-state index in [1.807, 2.05) is 78.6 Å². The summed E-state index contributed by atoms with van der Waals surface area (Å²) in [6.45, 7) is 3.35. The van der Waals surface area contributed by atoms with E-state index in [0.717, 1.165) is 44.9 Å². The number of amides is 2. The van der Waals surface area contributed by atoms with Crippen molar-refractivity contribution in [2.75, 3.05) is 6.54 Å². The number of nitrogens with zero attached hydrogens (tertiary/aromatic N) is 5. The molecule has 7 nitrogen and oxygen atoms in total. The summed E-state index contributed by atoms with van der Waals surface area (Å²) in [4.78, 5) is 46.0. The van der Waals surface area contributed by atoms with Gasteiger partial charge in [-0.1, -0.05) is 78.9 Å². The Labute approximate surface area is 261 Å². The molecule has 0 spiro atoms. The second-order valence-electron chi connectivity index (χ2n) is 10.9. The Bertz CT molecular complexity index is 1750. The zero-order chi connectivity index (χ0) is 30.3. The van der Waals surface area contributed by atoms with Gasteiger partial charge in [-0.05, 0) is 41.7 Å². The maximum absolute atomic E-state index is 14.5. The van der Waals surface area contributed by atoms with Crippen molar-refractivity contribution in [1.29, 1.82) is 0 Å². The average molecular weight is 600 g/mol. The smallest absolute Gasteiger partial charge is 0.247 e. The predicted molar refractivity (Wildman–Crippen MR) is 173 cm³/mol. The van der Waals surface area contributed by atoms with E-state index in [2.05, 4.69) is 27.1 Å². The second kappa shape index (κ2) is 13.6. The molecule has 0 saturated heterocycles. The summed E-state index contributed by atoms with van der Waals surface area (Å²) in [5.41, 5.74) is 8.70. The van der Waals surface area contributed by atoms with E-state index in [1.54, 1.807) is 41.2 Å². The van der Waals surface area contributed by atoms with Crippen molar-refractivity contribution >= 4 is 29.2 Å². The number of carbonyl (C=O) groups excluding carboxylic acids is 2. The molecule has 0 radical (unpaired) electrons. The molecule has 0 aliphatic carbocycles. The fourth-order valence-electron chi connectivity index (χ4n) is 5.54. The standard InChI is InChI=1S/C36H33N5O2S/c1-26-34(44-25-39-26)15-16-35(42)41(23-28-11-13-30(14-12-28)32-22-37-18-19-38-32)33(21-27-7-3-2-4-8-27)36(43)40-20-17-29-9-5-6-10-31(29)24-40/h2-16,18-19,22,25,33H,17,20-21,23-24H2,1H3/t33-/m0/s1. The van der Waals surface area contributed by atoms with Crippen LogP contribution in [-0.2, 0) is 35.5 Å². The number of benzene rings is 3. The lowest BCUT2D eigenvalue weighted by Gasteiger charge is -2.37. The molecule has 8 heteroatoms. The van der Waals surface area contributed by atoms with Crippen LogP contribution in [0.25, 0.3) is 17.3 Å². The van der Waals surface area contributed by atoms with Crippen molar-refractivity contribution in [1.82, 2.24) is 24.8 Å². The van der Waals surface area contributed by atoms with Crippen LogP contribution >= 0.6 is 11.3 Å². The quantitative estimate of drug-likeness (QED) is 0.190. The van der Waals surface area contributed by atoms with Crippen LogP contribution in [0.15, 0.2) is 109 Å². The van der Waals surface area contributed by atoms with Crippen molar-refractivity contribution in [3.8, 4) is 11.3 Å². The number of aromatic nitrogens is 3. The summed E-state index contributed by atoms with van der Waals surface area (Å²) >= 11 is 1.49. The highest BCUT2D eigenvalue weighted by Gasteiger charge is 2.34. The molecule has 0 fully saturated rings. The van der Waals surface area contributed by atoms with E-state index < -0.39 is 6.04 Å². The highest BCUT2D eigenvalue weighted by molar-refractivity contribution is 7.10. The molecular formula is C36H33N5O2S. The lowest BCUT2D eigenvalue weighted by Crippen LogP contribution is -2.52. The molecule has 1 aliphatic rings. The number of fused-ring (bicyclic) bond motifs is 1. The Balaban J connectivity index is 1.34. The fraction of sp³-hybridized carbons (Fsp3) is 0.194. The number of aryl methyl sites for hydroxylation is 1. The maximum atomic E-state index is 14.5. The van der Waals surface area contributed by atoms with Gasteiger partial charge >= 0.3 is 0 Å². The minimum Gasteiger partial charge on any atom is -0.336 e. The molecule has 220 valence electrons. The third-order valence-corrected chi connectivity index (χ3v) is 8.88. The molecule has 3 heterocycles. The van der Waals surface area contributed by atoms with Crippen molar-refractivity contribution in [2.24, 2.45) is 0 Å². The Morgan fingerprint density at radius 1 is 0.932 bits per heavy atom. The number of hydrogen-bond donors (Lipinski definition) is 0. The third kappa shape index (κ3) is 6.82. The normalized spacial score (nSPS) is 13.4. The van der Waals surface area contributed by atoms with Crippen molar-refractivity contribution in [2.45, 2.75) is 38.9 Å². The van der Waals surface area contributed by atoms with Gasteiger partial charge in [-0.15, -0.1) is 11.3 Å². The molecule has 0 N–H and O–H groups in total. The van der Waals surface area contributed by atoms with Crippen LogP contribution < -0.4 is 0 Å². The number of hydrogen-bond acceptors (Lipinski definition) is 6. The topological polar surface area (TPSA) is 79.3 Å². The Hall–Kier alpha value is -4.95. The molecule has 6 rings (SSSR count). The average Bonchev–Trinajstić information content (AvgIpc) is 3.50. The zero-order valence-corrected chi connectivity index (χ0v) is 25.4. The summed E-state index contributed by atoms with van der Waals surface area (Å²) in [7, 11) is 0. The van der Waals surface area contributed by atoms with Crippen LogP contribution in [0.2, 0.25) is 0 Å². The molecule has 2 aromatic heterocycles. The first-order valence-corrected chi connectivity index (χ1v) is 15.6. The van der Waals surface area contributed by atoms with Gasteiger partial charge in [0.25, 0.3) is 0 Å². The maximum Gasteiger partial charge on any atom is 0.247 e. The van der Waals surface area contributed by atoms with Crippen LogP contribution in [-0.4, -0.2) is 49.2 Å². The monoisotopic (exact) mass is 599 g/mol. The molecule has 44 heavy (non-hydrogen) atoms. The van der Waals surface area contributed by atoms with Crippen molar-refractivity contribution < 1.29 is 9.59 Å². The van der Waals surface area contributed by atoms with Crippen LogP contribution in [0.3, 0.4) is 0 Å². The Kier molecular flexibility index (Phi) is 8.98. The van der Waals surface area contributed by atoms with E-state index in [9.17, 15) is 9.59 Å². The molecule has 0 bridgehead atoms. The second-order valence-corrected chi connectivity index (χ2v) is 11.8. The molecule has 2 amide bonds. The molecule has 1 aliphatic heterocycles. The summed E-state index contributed by atoms with van der Waals surface area (Å²) in [6.07, 6.45) is 9.62. The largest absolute Gasteiger partial charge is 0.336 e. The van der Waals surface area contributed by atoms with Gasteiger partial charge in [0, 0.05) is 55.0 Å². The van der Waals surface area contributed by atoms with Gasteiger partial charge in [-0.2, -0.15) is 0 Å². The Morgan fingerprint density at radius 3 is 2.43 bits per heavy atom. The van der Waals surface area contributed by atoms with Crippen LogP contribution in [0.5, 0.6) is 0 Å². The number of thiazole rings is 1. The van der Waals surface area contributed by atoms with Gasteiger partial charge in [0.15, 0.2) is 0 Å². The lowest BCUT2D eigenvalue weighted by molar-refractivity contribution is -0.144. The number of rotatable bonds is 9. The van der Waals surface area contributed by atoms with E-state index in [4.69, 9.17) is 0 Å². The predicted octanol–water partition coefficient (Wildman–Crippen LogP) is 6.15. The SMILES string of the molecule is Cc1ncsc1C=CC(=O)N(Cc1ccc(-c2cnccn2)cc1)[C@@H](Cc1ccccc1)C(=O)N1CCc2ccccc2C1. The number of carbonyl (C=O) groups is 2. The first-order valence-electron chi connectivity index (χ1n) is 14.7. The third-order valence-electron chi connectivity index (χ3n) is 7.98. The van der Waals surface area contributed by atoms with Crippen LogP contribution in [0.1, 0.15) is 32.8 Å². The Morgan fingerprint density at radius 2 is 1.70 bits per heavy atom. The molecule has 5 aromatic rings. The fourth-order valence-corrected chi connectivity index (χ4v) is 6.24. The summed E-state index contributed by atoms with van der Waals surface area (Å²) in [6, 6.07) is 25.5. The summed E-state index contributed by atoms with van der Waals surface area (Å²) in [5, 5.41) is 0. The van der Waals surface area contributed by atoms with E-state index in [0.29, 0.717) is 19.5 Å². The molecule has 3 aromatic carbocycles. The molecule has 0 unspecified atom stereocenters. The van der Waals surface area contributed by atoms with Crippen LogP contribution in [0.4, 0.5) is 0 Å².